The van der Waals surface area contributed by atoms with Crippen LogP contribution < -0.4 is 5.84 Å². The van der Waals surface area contributed by atoms with E-state index in [4.69, 9.17) is 15.3 Å². The summed E-state index contributed by atoms with van der Waals surface area (Å²) in [4.78, 5) is 11.1. The van der Waals surface area contributed by atoms with Crippen LogP contribution in [0.1, 0.15) is 20.8 Å². The zero-order valence-corrected chi connectivity index (χ0v) is 10.4. The second-order valence-electron chi connectivity index (χ2n) is 4.04. The Balaban J connectivity index is 3.51. The number of rotatable bonds is 6. The Kier molecular flexibility index (Phi) is 7.78. The lowest BCUT2D eigenvalue weighted by atomic mass is 10.2. The summed E-state index contributed by atoms with van der Waals surface area (Å²) in [7, 11) is 0. The summed E-state index contributed by atoms with van der Waals surface area (Å²) in [5, 5.41) is 13.6. The maximum Gasteiger partial charge on any atom is 0.452 e. The van der Waals surface area contributed by atoms with Gasteiger partial charge >= 0.3 is 6.09 Å². The first kappa shape index (κ1) is 15.4. The summed E-state index contributed by atoms with van der Waals surface area (Å²) in [5.41, 5.74) is -0.556. The van der Waals surface area contributed by atoms with E-state index in [9.17, 15) is 4.79 Å². The molecule has 0 fully saturated rings. The average Bonchev–Trinajstić information content (AvgIpc) is 2.19. The number of amides is 1. The molecule has 0 heterocycles. The fraction of sp³-hybridized carbons (Fsp3) is 0.889. The van der Waals surface area contributed by atoms with Crippen LogP contribution in [-0.4, -0.2) is 38.0 Å². The van der Waals surface area contributed by atoms with E-state index in [0.29, 0.717) is 26.3 Å². The van der Waals surface area contributed by atoms with Crippen molar-refractivity contribution in [3.8, 4) is 0 Å². The highest BCUT2D eigenvalue weighted by Gasteiger charge is 2.15. The normalized spacial score (nSPS) is 12.4. The molecule has 0 aliphatic carbocycles. The maximum absolute atomic E-state index is 11.1. The largest absolute Gasteiger partial charge is 0.452 e. The molecule has 8 nitrogen and oxygen atoms in total. The van der Waals surface area contributed by atoms with Crippen molar-refractivity contribution in [3.63, 3.8) is 0 Å². The van der Waals surface area contributed by atoms with E-state index >= 15 is 0 Å². The Hall–Kier alpha value is -1.57. The minimum Gasteiger partial charge on any atom is -0.441 e. The average molecular weight is 245 g/mol. The maximum atomic E-state index is 11.1. The first-order valence-corrected chi connectivity index (χ1v) is 5.20. The van der Waals surface area contributed by atoms with Crippen molar-refractivity contribution in [3.05, 3.63) is 0 Å². The summed E-state index contributed by atoms with van der Waals surface area (Å²) in [6, 6.07) is 0. The zero-order chi connectivity index (χ0) is 13.1. The zero-order valence-electron chi connectivity index (χ0n) is 10.4. The van der Waals surface area contributed by atoms with E-state index in [1.807, 2.05) is 0 Å². The Morgan fingerprint density at radius 3 is 2.29 bits per heavy atom. The third-order valence-electron chi connectivity index (χ3n) is 1.30. The van der Waals surface area contributed by atoms with Crippen LogP contribution in [0.25, 0.3) is 0 Å². The van der Waals surface area contributed by atoms with E-state index in [2.05, 4.69) is 20.6 Å². The molecule has 8 heteroatoms. The molecule has 17 heavy (non-hydrogen) atoms. The quantitative estimate of drug-likeness (QED) is 0.332. The van der Waals surface area contributed by atoms with Gasteiger partial charge in [0, 0.05) is 0 Å². The van der Waals surface area contributed by atoms with Crippen LogP contribution in [0, 0.1) is 0 Å². The minimum atomic E-state index is -0.700. The van der Waals surface area contributed by atoms with Crippen molar-refractivity contribution in [2.45, 2.75) is 26.4 Å². The second-order valence-corrected chi connectivity index (χ2v) is 4.04. The lowest BCUT2D eigenvalue weighted by Crippen LogP contribution is -2.21. The number of hydrogen-bond acceptors (Lipinski definition) is 6. The van der Waals surface area contributed by atoms with Gasteiger partial charge in [-0.3, -0.25) is 0 Å². The van der Waals surface area contributed by atoms with Crippen LogP contribution in [0.2, 0.25) is 0 Å². The van der Waals surface area contributed by atoms with Crippen molar-refractivity contribution in [1.82, 2.24) is 0 Å². The molecular weight excluding hydrogens is 226 g/mol. The molecule has 0 aliphatic rings. The highest BCUT2D eigenvalue weighted by atomic mass is 16.6. The van der Waals surface area contributed by atoms with E-state index in [1.54, 1.807) is 20.8 Å². The van der Waals surface area contributed by atoms with Gasteiger partial charge in [-0.2, -0.15) is 10.2 Å². The van der Waals surface area contributed by atoms with Gasteiger partial charge < -0.3 is 15.3 Å². The minimum absolute atomic E-state index is 0.291. The van der Waals surface area contributed by atoms with Gasteiger partial charge in [0.1, 0.15) is 5.60 Å². The summed E-state index contributed by atoms with van der Waals surface area (Å²) in [5.74, 6) is 4.79. The molecule has 1 amide bonds. The van der Waals surface area contributed by atoms with E-state index < -0.39 is 11.7 Å². The number of carbonyl (C=O) groups is 1. The Morgan fingerprint density at radius 2 is 1.76 bits per heavy atom. The Morgan fingerprint density at radius 1 is 1.18 bits per heavy atom. The molecule has 0 aliphatic heterocycles. The predicted molar refractivity (Wildman–Crippen MR) is 60.7 cm³/mol. The van der Waals surface area contributed by atoms with E-state index in [1.165, 1.54) is 0 Å². The van der Waals surface area contributed by atoms with Crippen molar-refractivity contribution in [2.75, 3.05) is 26.3 Å². The van der Waals surface area contributed by atoms with Crippen LogP contribution in [0.4, 0.5) is 4.79 Å². The Bertz CT molecular complexity index is 272. The van der Waals surface area contributed by atoms with Crippen LogP contribution in [-0.2, 0) is 9.47 Å². The second kappa shape index (κ2) is 8.57. The van der Waals surface area contributed by atoms with Crippen LogP contribution in [0.5, 0.6) is 0 Å². The highest BCUT2D eigenvalue weighted by molar-refractivity contribution is 5.67. The predicted octanol–water partition coefficient (Wildman–Crippen LogP) is 1.72. The number of ether oxygens (including phenoxy) is 2. The van der Waals surface area contributed by atoms with Gasteiger partial charge in [-0.1, -0.05) is 10.3 Å². The molecule has 2 N–H and O–H groups in total. The fourth-order valence-electron chi connectivity index (χ4n) is 0.761. The van der Waals surface area contributed by atoms with Gasteiger partial charge in [0.05, 0.1) is 26.3 Å². The number of nitrogens with zero attached hydrogens (tertiary/aromatic N) is 4. The number of azo groups is 1. The van der Waals surface area contributed by atoms with Crippen molar-refractivity contribution in [1.29, 1.82) is 0 Å². The highest BCUT2D eigenvalue weighted by Crippen LogP contribution is 2.07. The lowest BCUT2D eigenvalue weighted by molar-refractivity contribution is 0.0588. The number of carbonyl (C=O) groups excluding carboxylic acids is 1. The molecule has 98 valence electrons. The van der Waals surface area contributed by atoms with Gasteiger partial charge in [-0.05, 0) is 20.8 Å². The molecule has 0 saturated carbocycles. The van der Waals surface area contributed by atoms with E-state index in [0.717, 1.165) is 0 Å². The van der Waals surface area contributed by atoms with E-state index in [-0.39, 0.29) is 0 Å². The smallest absolute Gasteiger partial charge is 0.441 e. The van der Waals surface area contributed by atoms with Gasteiger partial charge in [0.25, 0.3) is 0 Å². The number of nitrogens with two attached hydrogens (primary N) is 1. The van der Waals surface area contributed by atoms with Crippen molar-refractivity contribution >= 4 is 6.09 Å². The third-order valence-corrected chi connectivity index (χ3v) is 1.30. The lowest BCUT2D eigenvalue weighted by Gasteiger charge is -2.16. The molecule has 0 aromatic rings. The van der Waals surface area contributed by atoms with Crippen LogP contribution in [0.15, 0.2) is 20.6 Å². The van der Waals surface area contributed by atoms with Gasteiger partial charge in [-0.25, -0.2) is 4.79 Å². The molecule has 0 radical (unpaired) electrons. The standard InChI is InChI=1S/C9H19N5O3/c1-9(2,3)17-8(15)13-11-4-6-16-7-5-12-14-10/h4-7H2,1-3H3,(H2,10,12). The molecule has 0 saturated heterocycles. The van der Waals surface area contributed by atoms with Crippen LogP contribution in [0.3, 0.4) is 0 Å². The summed E-state index contributed by atoms with van der Waals surface area (Å²) < 4.78 is 10.0. The molecular formula is C9H19N5O3. The van der Waals surface area contributed by atoms with Crippen LogP contribution >= 0.6 is 0 Å². The molecule has 0 spiro atoms. The molecule has 0 atom stereocenters. The first-order chi connectivity index (χ1) is 7.95. The van der Waals surface area contributed by atoms with Gasteiger partial charge in [0.15, 0.2) is 0 Å². The molecule has 0 aromatic heterocycles. The van der Waals surface area contributed by atoms with Gasteiger partial charge in [0.2, 0.25) is 0 Å². The first-order valence-electron chi connectivity index (χ1n) is 5.20. The Labute approximate surface area is 100 Å². The SMILES string of the molecule is CC(C)(C)OC(=O)N=NCCOCCN=NN. The molecule has 0 bridgehead atoms. The number of hydrogen-bond donors (Lipinski definition) is 1. The summed E-state index contributed by atoms with van der Waals surface area (Å²) in [6.07, 6.45) is -0.700. The van der Waals surface area contributed by atoms with Crippen molar-refractivity contribution in [2.24, 2.45) is 26.4 Å². The molecule has 0 rings (SSSR count). The third kappa shape index (κ3) is 12.4. The summed E-state index contributed by atoms with van der Waals surface area (Å²) in [6.45, 7) is 6.73. The van der Waals surface area contributed by atoms with Gasteiger partial charge in [-0.15, -0.1) is 0 Å². The molecule has 0 aromatic carbocycles. The fourth-order valence-corrected chi connectivity index (χ4v) is 0.761. The van der Waals surface area contributed by atoms with Crippen molar-refractivity contribution < 1.29 is 14.3 Å². The molecule has 0 unspecified atom stereocenters. The summed E-state index contributed by atoms with van der Waals surface area (Å²) >= 11 is 0. The monoisotopic (exact) mass is 245 g/mol. The topological polar surface area (TPSA) is 111 Å².